The molecule has 0 atom stereocenters. The minimum absolute atomic E-state index is 0.286. The van der Waals surface area contributed by atoms with E-state index >= 15 is 0 Å². The van der Waals surface area contributed by atoms with Gasteiger partial charge in [-0.2, -0.15) is 11.4 Å². The van der Waals surface area contributed by atoms with Crippen LogP contribution in [-0.2, 0) is 5.75 Å². The molecular weight excluding hydrogens is 258 g/mol. The maximum Gasteiger partial charge on any atom is 0.337 e. The van der Waals surface area contributed by atoms with Crippen LogP contribution in [-0.4, -0.2) is 16.6 Å². The molecule has 0 saturated heterocycles. The van der Waals surface area contributed by atoms with Gasteiger partial charge in [0.15, 0.2) is 0 Å². The summed E-state index contributed by atoms with van der Waals surface area (Å²) in [6.07, 6.45) is 0. The lowest BCUT2D eigenvalue weighted by Crippen LogP contribution is -2.03. The molecule has 0 unspecified atom stereocenters. The van der Waals surface area contributed by atoms with Gasteiger partial charge in [-0.05, 0) is 17.7 Å². The van der Waals surface area contributed by atoms with Gasteiger partial charge in [0, 0.05) is 11.2 Å². The molecule has 0 radical (unpaired) electrons. The normalized spacial score (nSPS) is 10.9. The fourth-order valence-electron chi connectivity index (χ4n) is 1.65. The molecule has 2 aromatic rings. The lowest BCUT2D eigenvalue weighted by atomic mass is 10.2. The first kappa shape index (κ1) is 13.4. The highest BCUT2D eigenvalue weighted by atomic mass is 32.1. The number of anilines is 1. The van der Waals surface area contributed by atoms with Gasteiger partial charge < -0.3 is 10.4 Å². The molecule has 0 bridgehead atoms. The van der Waals surface area contributed by atoms with Crippen LogP contribution >= 0.6 is 11.4 Å². The van der Waals surface area contributed by atoms with Gasteiger partial charge in [-0.1, -0.05) is 42.5 Å². The van der Waals surface area contributed by atoms with Crippen LogP contribution in [0.2, 0.25) is 0 Å². The van der Waals surface area contributed by atoms with Gasteiger partial charge in [-0.3, -0.25) is 0 Å². The van der Waals surface area contributed by atoms with Gasteiger partial charge >= 0.3 is 5.97 Å². The van der Waals surface area contributed by atoms with Crippen LogP contribution in [0.5, 0.6) is 0 Å². The van der Waals surface area contributed by atoms with Crippen molar-refractivity contribution in [2.75, 3.05) is 5.32 Å². The molecule has 4 heteroatoms. The Bertz CT molecular complexity index is 582. The third kappa shape index (κ3) is 3.96. The summed E-state index contributed by atoms with van der Waals surface area (Å²) < 4.78 is 0. The van der Waals surface area contributed by atoms with E-state index in [9.17, 15) is 4.79 Å². The summed E-state index contributed by atoms with van der Waals surface area (Å²) in [5.74, 6) is -0.0143. The number of carbonyl (C=O) groups is 1. The van der Waals surface area contributed by atoms with E-state index in [0.29, 0.717) is 5.69 Å². The molecule has 2 N–H and O–H groups in total. The van der Waals surface area contributed by atoms with Gasteiger partial charge in [-0.15, -0.1) is 0 Å². The fraction of sp³-hybridized carbons (Fsp3) is 0.0667. The monoisotopic (exact) mass is 273 g/mol. The van der Waals surface area contributed by atoms with Gasteiger partial charge in [0.2, 0.25) is 0 Å². The number of nitrogens with one attached hydrogen (secondary N) is 1. The smallest absolute Gasteiger partial charge is 0.337 e. The first-order valence-electron chi connectivity index (χ1n) is 5.88. The number of benzene rings is 2. The number of carboxylic acids is 1. The van der Waals surface area contributed by atoms with Gasteiger partial charge in [-0.25, -0.2) is 4.79 Å². The van der Waals surface area contributed by atoms with E-state index in [-0.39, 0.29) is 5.56 Å². The number of carboxylic acid groups (broad SMARTS) is 1. The second kappa shape index (κ2) is 6.75. The van der Waals surface area contributed by atoms with E-state index in [1.165, 1.54) is 5.56 Å². The van der Waals surface area contributed by atoms with Crippen LogP contribution in [0.25, 0.3) is 0 Å². The topological polar surface area (TPSA) is 49.3 Å². The number of para-hydroxylation sites is 1. The standard InChI is InChI=1S/C15H15NO2S/c17-15(18)13-8-4-5-9-14(13)16-11-19-10-12-6-2-1-3-7-12/h1-9,11,16,19H,10H2,(H,17,18). The summed E-state index contributed by atoms with van der Waals surface area (Å²) >= 11 is 1.09. The summed E-state index contributed by atoms with van der Waals surface area (Å²) in [5, 5.41) is 12.1. The first-order chi connectivity index (χ1) is 9.27. The Morgan fingerprint density at radius 3 is 2.53 bits per heavy atom. The molecule has 0 aliphatic carbocycles. The molecule has 0 aliphatic rings. The Morgan fingerprint density at radius 1 is 1.11 bits per heavy atom. The van der Waals surface area contributed by atoms with Crippen LogP contribution in [0, 0.1) is 0 Å². The van der Waals surface area contributed by atoms with Crippen LogP contribution < -0.4 is 5.32 Å². The van der Waals surface area contributed by atoms with Crippen LogP contribution in [0.3, 0.4) is 0 Å². The van der Waals surface area contributed by atoms with Crippen LogP contribution in [0.4, 0.5) is 5.69 Å². The van der Waals surface area contributed by atoms with E-state index in [4.69, 9.17) is 5.11 Å². The molecule has 0 aliphatic heterocycles. The lowest BCUT2D eigenvalue weighted by molar-refractivity contribution is 0.0698. The number of aromatic carboxylic acids is 1. The second-order valence-corrected chi connectivity index (χ2v) is 4.89. The highest BCUT2D eigenvalue weighted by molar-refractivity contribution is 7.96. The summed E-state index contributed by atoms with van der Waals surface area (Å²) in [6.45, 7) is 0. The summed E-state index contributed by atoms with van der Waals surface area (Å²) in [7, 11) is 0. The molecule has 2 rings (SSSR count). The molecule has 19 heavy (non-hydrogen) atoms. The maximum absolute atomic E-state index is 11.0. The van der Waals surface area contributed by atoms with Gasteiger partial charge in [0.1, 0.15) is 0 Å². The highest BCUT2D eigenvalue weighted by Crippen LogP contribution is 2.14. The second-order valence-electron chi connectivity index (χ2n) is 3.95. The molecular formula is C15H15NO2S. The summed E-state index contributed by atoms with van der Waals surface area (Å²) in [5.41, 5.74) is 4.03. The Hall–Kier alpha value is -2.07. The van der Waals surface area contributed by atoms with Crippen molar-refractivity contribution in [2.24, 2.45) is 0 Å². The zero-order valence-corrected chi connectivity index (χ0v) is 11.2. The molecule has 2 aromatic carbocycles. The molecule has 3 nitrogen and oxygen atoms in total. The number of hydrogen-bond donors (Lipinski definition) is 3. The van der Waals surface area contributed by atoms with Crippen LogP contribution in [0.15, 0.2) is 54.6 Å². The van der Waals surface area contributed by atoms with Crippen LogP contribution in [0.1, 0.15) is 15.9 Å². The molecule has 0 saturated carbocycles. The summed E-state index contributed by atoms with van der Waals surface area (Å²) in [4.78, 5) is 11.0. The Kier molecular flexibility index (Phi) is 4.75. The highest BCUT2D eigenvalue weighted by Gasteiger charge is 2.06. The average Bonchev–Trinajstić information content (AvgIpc) is 2.45. The molecule has 0 heterocycles. The van der Waals surface area contributed by atoms with E-state index in [2.05, 4.69) is 17.4 Å². The Balaban J connectivity index is 1.97. The number of hydrogen-bond acceptors (Lipinski definition) is 1. The van der Waals surface area contributed by atoms with Crippen molar-refractivity contribution in [3.8, 4) is 0 Å². The molecule has 0 fully saturated rings. The largest absolute Gasteiger partial charge is 0.478 e. The number of rotatable bonds is 5. The maximum atomic E-state index is 11.0. The van der Waals surface area contributed by atoms with Crippen molar-refractivity contribution in [3.63, 3.8) is 0 Å². The van der Waals surface area contributed by atoms with Gasteiger partial charge in [0.05, 0.1) is 11.3 Å². The minimum atomic E-state index is -0.920. The predicted octanol–water partition coefficient (Wildman–Crippen LogP) is 3.22. The Labute approximate surface area is 115 Å². The number of thiol groups is 1. The minimum Gasteiger partial charge on any atom is -0.478 e. The molecule has 0 aromatic heterocycles. The summed E-state index contributed by atoms with van der Waals surface area (Å²) in [6, 6.07) is 17.1. The zero-order chi connectivity index (χ0) is 13.5. The molecule has 98 valence electrons. The average molecular weight is 273 g/mol. The van der Waals surface area contributed by atoms with Crippen molar-refractivity contribution in [2.45, 2.75) is 5.75 Å². The lowest BCUT2D eigenvalue weighted by Gasteiger charge is -2.04. The van der Waals surface area contributed by atoms with Crippen molar-refractivity contribution in [3.05, 3.63) is 65.7 Å². The van der Waals surface area contributed by atoms with Gasteiger partial charge in [0.25, 0.3) is 0 Å². The third-order valence-electron chi connectivity index (χ3n) is 2.59. The fourth-order valence-corrected chi connectivity index (χ4v) is 2.39. The van der Waals surface area contributed by atoms with Crippen molar-refractivity contribution in [1.82, 2.24) is 0 Å². The Morgan fingerprint density at radius 2 is 1.79 bits per heavy atom. The SMILES string of the molecule is O=C(O)c1ccccc1NC=[SH]Cc1ccccc1. The van der Waals surface area contributed by atoms with E-state index in [1.807, 2.05) is 29.8 Å². The van der Waals surface area contributed by atoms with Crippen molar-refractivity contribution < 1.29 is 9.90 Å². The predicted molar refractivity (Wildman–Crippen MR) is 82.2 cm³/mol. The molecule has 0 spiro atoms. The zero-order valence-electron chi connectivity index (χ0n) is 10.3. The van der Waals surface area contributed by atoms with E-state index < -0.39 is 5.97 Å². The first-order valence-corrected chi connectivity index (χ1v) is 7.03. The quantitative estimate of drug-likeness (QED) is 0.579. The van der Waals surface area contributed by atoms with Crippen molar-refractivity contribution >= 4 is 28.5 Å². The van der Waals surface area contributed by atoms with Crippen molar-refractivity contribution in [1.29, 1.82) is 0 Å². The van der Waals surface area contributed by atoms with E-state index in [0.717, 1.165) is 17.1 Å². The third-order valence-corrected chi connectivity index (χ3v) is 3.44. The van der Waals surface area contributed by atoms with E-state index in [1.54, 1.807) is 18.2 Å². The molecule has 0 amide bonds.